The maximum atomic E-state index is 10.9. The van der Waals surface area contributed by atoms with Gasteiger partial charge in [-0.1, -0.05) is 25.0 Å². The number of rotatable bonds is 9. The van der Waals surface area contributed by atoms with Crippen LogP contribution in [0.5, 0.6) is 0 Å². The number of aryl methyl sites for hydroxylation is 1. The molecule has 19 heavy (non-hydrogen) atoms. The summed E-state index contributed by atoms with van der Waals surface area (Å²) in [4.78, 5) is 20.8. The van der Waals surface area contributed by atoms with Crippen LogP contribution in [0.3, 0.4) is 0 Å². The highest BCUT2D eigenvalue weighted by molar-refractivity contribution is 5.88. The lowest BCUT2D eigenvalue weighted by atomic mass is 10.1. The van der Waals surface area contributed by atoms with Crippen molar-refractivity contribution in [1.82, 2.24) is 0 Å². The average molecular weight is 263 g/mol. The Bertz CT molecular complexity index is 387. The van der Waals surface area contributed by atoms with Crippen molar-refractivity contribution >= 4 is 18.1 Å². The van der Waals surface area contributed by atoms with Gasteiger partial charge >= 0.3 is 0 Å². The quantitative estimate of drug-likeness (QED) is 0.550. The minimum atomic E-state index is -0.0507. The molecule has 4 nitrogen and oxygen atoms in total. The summed E-state index contributed by atoms with van der Waals surface area (Å²) in [5.74, 6) is -0.0507. The molecule has 0 heterocycles. The standard InChI is InChI=1S/C15H21NO3/c1-13(18)16-15-9-7-14(8-10-15)6-4-2-3-5-11-19-12-17/h7-10,12H,2-6,11H2,1H3,(H,16,18). The first-order chi connectivity index (χ1) is 9.22. The van der Waals surface area contributed by atoms with E-state index < -0.39 is 0 Å². The molecular formula is C15H21NO3. The normalized spacial score (nSPS) is 9.95. The Hall–Kier alpha value is -1.84. The second kappa shape index (κ2) is 9.14. The Labute approximate surface area is 114 Å². The minimum Gasteiger partial charge on any atom is -0.468 e. The average Bonchev–Trinajstić information content (AvgIpc) is 2.39. The molecule has 0 spiro atoms. The number of carbonyl (C=O) groups excluding carboxylic acids is 2. The van der Waals surface area contributed by atoms with Crippen LogP contribution in [0, 0.1) is 0 Å². The predicted molar refractivity (Wildman–Crippen MR) is 74.9 cm³/mol. The highest BCUT2D eigenvalue weighted by Gasteiger charge is 1.97. The molecule has 104 valence electrons. The van der Waals surface area contributed by atoms with Gasteiger partial charge in [0.2, 0.25) is 5.91 Å². The van der Waals surface area contributed by atoms with Crippen molar-refractivity contribution in [3.63, 3.8) is 0 Å². The molecule has 4 heteroatoms. The molecule has 1 aromatic carbocycles. The number of nitrogens with one attached hydrogen (secondary N) is 1. The largest absolute Gasteiger partial charge is 0.468 e. The van der Waals surface area contributed by atoms with Gasteiger partial charge in [-0.15, -0.1) is 0 Å². The lowest BCUT2D eigenvalue weighted by Gasteiger charge is -2.05. The molecule has 0 bridgehead atoms. The highest BCUT2D eigenvalue weighted by atomic mass is 16.5. The summed E-state index contributed by atoms with van der Waals surface area (Å²) in [5, 5.41) is 2.75. The first-order valence-corrected chi connectivity index (χ1v) is 6.64. The molecule has 0 aliphatic rings. The van der Waals surface area contributed by atoms with E-state index in [9.17, 15) is 9.59 Å². The molecule has 0 aliphatic heterocycles. The van der Waals surface area contributed by atoms with Gasteiger partial charge < -0.3 is 10.1 Å². The summed E-state index contributed by atoms with van der Waals surface area (Å²) >= 11 is 0. The second-order valence-corrected chi connectivity index (χ2v) is 4.51. The summed E-state index contributed by atoms with van der Waals surface area (Å²) in [6.45, 7) is 2.52. The van der Waals surface area contributed by atoms with Crippen LogP contribution in [-0.2, 0) is 20.7 Å². The zero-order valence-electron chi connectivity index (χ0n) is 11.4. The van der Waals surface area contributed by atoms with Crippen molar-refractivity contribution in [3.05, 3.63) is 29.8 Å². The molecule has 0 radical (unpaired) electrons. The van der Waals surface area contributed by atoms with Crippen molar-refractivity contribution in [2.75, 3.05) is 11.9 Å². The van der Waals surface area contributed by atoms with E-state index in [1.807, 2.05) is 24.3 Å². The molecule has 0 atom stereocenters. The van der Waals surface area contributed by atoms with Gasteiger partial charge in [0.25, 0.3) is 6.47 Å². The van der Waals surface area contributed by atoms with E-state index in [4.69, 9.17) is 0 Å². The third kappa shape index (κ3) is 7.24. The molecule has 0 aromatic heterocycles. The van der Waals surface area contributed by atoms with E-state index in [0.717, 1.165) is 37.8 Å². The molecule has 1 amide bonds. The van der Waals surface area contributed by atoms with Crippen molar-refractivity contribution in [2.45, 2.75) is 39.0 Å². The topological polar surface area (TPSA) is 55.4 Å². The molecule has 0 aliphatic carbocycles. The Morgan fingerprint density at radius 1 is 1.16 bits per heavy atom. The van der Waals surface area contributed by atoms with Gasteiger partial charge in [-0.25, -0.2) is 0 Å². The first kappa shape index (κ1) is 15.2. The Balaban J connectivity index is 2.15. The molecule has 1 aromatic rings. The first-order valence-electron chi connectivity index (χ1n) is 6.64. The molecule has 0 unspecified atom stereocenters. The van der Waals surface area contributed by atoms with Gasteiger partial charge in [0, 0.05) is 12.6 Å². The van der Waals surface area contributed by atoms with Crippen LogP contribution >= 0.6 is 0 Å². The van der Waals surface area contributed by atoms with Crippen LogP contribution in [0.25, 0.3) is 0 Å². The van der Waals surface area contributed by atoms with Crippen molar-refractivity contribution in [1.29, 1.82) is 0 Å². The number of carbonyl (C=O) groups is 2. The second-order valence-electron chi connectivity index (χ2n) is 4.51. The van der Waals surface area contributed by atoms with E-state index in [2.05, 4.69) is 10.1 Å². The number of unbranched alkanes of at least 4 members (excludes halogenated alkanes) is 3. The maximum absolute atomic E-state index is 10.9. The summed E-state index contributed by atoms with van der Waals surface area (Å²) < 4.78 is 4.63. The summed E-state index contributed by atoms with van der Waals surface area (Å²) in [6, 6.07) is 7.94. The molecule has 1 N–H and O–H groups in total. The van der Waals surface area contributed by atoms with Gasteiger partial charge in [-0.3, -0.25) is 9.59 Å². The van der Waals surface area contributed by atoms with Crippen LogP contribution < -0.4 is 5.32 Å². The Morgan fingerprint density at radius 2 is 1.84 bits per heavy atom. The van der Waals surface area contributed by atoms with Gasteiger partial charge in [0.05, 0.1) is 6.61 Å². The summed E-state index contributed by atoms with van der Waals surface area (Å²) in [5.41, 5.74) is 2.11. The number of benzene rings is 1. The van der Waals surface area contributed by atoms with Gasteiger partial charge in [0.15, 0.2) is 0 Å². The monoisotopic (exact) mass is 263 g/mol. The number of ether oxygens (including phenoxy) is 1. The van der Waals surface area contributed by atoms with E-state index in [1.165, 1.54) is 12.5 Å². The van der Waals surface area contributed by atoms with Crippen LogP contribution in [0.15, 0.2) is 24.3 Å². The predicted octanol–water partition coefficient (Wildman–Crippen LogP) is 2.92. The molecular weight excluding hydrogens is 242 g/mol. The lowest BCUT2D eigenvalue weighted by Crippen LogP contribution is -2.05. The number of anilines is 1. The van der Waals surface area contributed by atoms with Crippen molar-refractivity contribution in [2.24, 2.45) is 0 Å². The van der Waals surface area contributed by atoms with Gasteiger partial charge in [-0.05, 0) is 37.0 Å². The third-order valence-corrected chi connectivity index (χ3v) is 2.82. The Morgan fingerprint density at radius 3 is 2.47 bits per heavy atom. The van der Waals surface area contributed by atoms with Crippen LogP contribution in [-0.4, -0.2) is 19.0 Å². The zero-order valence-corrected chi connectivity index (χ0v) is 11.4. The van der Waals surface area contributed by atoms with Crippen LogP contribution in [0.1, 0.15) is 38.2 Å². The zero-order chi connectivity index (χ0) is 13.9. The smallest absolute Gasteiger partial charge is 0.293 e. The SMILES string of the molecule is CC(=O)Nc1ccc(CCCCCCOC=O)cc1. The van der Waals surface area contributed by atoms with Crippen molar-refractivity contribution < 1.29 is 14.3 Å². The molecule has 0 saturated heterocycles. The molecule has 1 rings (SSSR count). The van der Waals surface area contributed by atoms with E-state index in [0.29, 0.717) is 13.1 Å². The Kier molecular flexibility index (Phi) is 7.32. The van der Waals surface area contributed by atoms with Crippen LogP contribution in [0.2, 0.25) is 0 Å². The van der Waals surface area contributed by atoms with E-state index in [1.54, 1.807) is 0 Å². The highest BCUT2D eigenvalue weighted by Crippen LogP contribution is 2.12. The maximum Gasteiger partial charge on any atom is 0.293 e. The fourth-order valence-electron chi connectivity index (χ4n) is 1.87. The van der Waals surface area contributed by atoms with E-state index in [-0.39, 0.29) is 5.91 Å². The van der Waals surface area contributed by atoms with Crippen LogP contribution in [0.4, 0.5) is 5.69 Å². The van der Waals surface area contributed by atoms with E-state index >= 15 is 0 Å². The van der Waals surface area contributed by atoms with Crippen molar-refractivity contribution in [3.8, 4) is 0 Å². The van der Waals surface area contributed by atoms with Gasteiger partial charge in [-0.2, -0.15) is 0 Å². The number of amides is 1. The number of hydrogen-bond donors (Lipinski definition) is 1. The molecule has 0 fully saturated rings. The fourth-order valence-corrected chi connectivity index (χ4v) is 1.87. The number of hydrogen-bond acceptors (Lipinski definition) is 3. The fraction of sp³-hybridized carbons (Fsp3) is 0.467. The summed E-state index contributed by atoms with van der Waals surface area (Å²) in [7, 11) is 0. The summed E-state index contributed by atoms with van der Waals surface area (Å²) in [6.07, 6.45) is 5.31. The lowest BCUT2D eigenvalue weighted by molar-refractivity contribution is -0.128. The van der Waals surface area contributed by atoms with Gasteiger partial charge in [0.1, 0.15) is 0 Å². The molecule has 0 saturated carbocycles. The minimum absolute atomic E-state index is 0.0507. The third-order valence-electron chi connectivity index (χ3n) is 2.82.